The maximum Gasteiger partial charge on any atom is 0.291 e. The molecule has 0 fully saturated rings. The fourth-order valence-electron chi connectivity index (χ4n) is 3.56. The van der Waals surface area contributed by atoms with Crippen LogP contribution in [0.2, 0.25) is 0 Å². The van der Waals surface area contributed by atoms with Crippen LogP contribution in [0.25, 0.3) is 0 Å². The zero-order valence-corrected chi connectivity index (χ0v) is 12.1. The second-order valence-corrected chi connectivity index (χ2v) is 5.92. The van der Waals surface area contributed by atoms with Crippen LogP contribution in [0.5, 0.6) is 5.75 Å². The van der Waals surface area contributed by atoms with E-state index in [1.54, 1.807) is 12.1 Å². The molecule has 2 N–H and O–H groups in total. The zero-order chi connectivity index (χ0) is 14.4. The van der Waals surface area contributed by atoms with Crippen molar-refractivity contribution >= 4 is 11.6 Å². The van der Waals surface area contributed by atoms with Crippen LogP contribution in [0, 0.1) is 0 Å². The third-order valence-electron chi connectivity index (χ3n) is 4.61. The molecule has 0 saturated heterocycles. The first-order valence-corrected chi connectivity index (χ1v) is 7.50. The lowest BCUT2D eigenvalue weighted by Crippen LogP contribution is -2.65. The van der Waals surface area contributed by atoms with Gasteiger partial charge in [-0.1, -0.05) is 12.1 Å². The van der Waals surface area contributed by atoms with E-state index in [0.717, 1.165) is 48.4 Å². The number of carbonyl (C=O) groups is 1. The predicted octanol–water partition coefficient (Wildman–Crippen LogP) is 2.03. The summed E-state index contributed by atoms with van der Waals surface area (Å²) < 4.78 is 6.26. The molecule has 1 aromatic carbocycles. The highest BCUT2D eigenvalue weighted by atomic mass is 16.5. The number of fused-ring (bicyclic) bond motifs is 2. The van der Waals surface area contributed by atoms with Crippen LogP contribution in [0.4, 0.5) is 5.69 Å². The fourth-order valence-corrected chi connectivity index (χ4v) is 3.56. The van der Waals surface area contributed by atoms with Crippen molar-refractivity contribution in [3.8, 4) is 5.75 Å². The van der Waals surface area contributed by atoms with Crippen molar-refractivity contribution in [3.05, 3.63) is 35.5 Å². The Balaban J connectivity index is 1.83. The largest absolute Gasteiger partial charge is 0.469 e. The minimum atomic E-state index is -0.885. The third-order valence-corrected chi connectivity index (χ3v) is 4.61. The first-order chi connectivity index (χ1) is 10.2. The molecular weight excluding hydrogens is 266 g/mol. The van der Waals surface area contributed by atoms with E-state index in [1.165, 1.54) is 0 Å². The Morgan fingerprint density at radius 2 is 2.05 bits per heavy atom. The summed E-state index contributed by atoms with van der Waals surface area (Å²) in [6, 6.07) is 7.80. The fraction of sp³-hybridized carbons (Fsp3) is 0.438. The highest BCUT2D eigenvalue weighted by molar-refractivity contribution is 5.92. The Morgan fingerprint density at radius 3 is 2.95 bits per heavy atom. The lowest BCUT2D eigenvalue weighted by atomic mass is 9.80. The summed E-state index contributed by atoms with van der Waals surface area (Å²) in [7, 11) is 1.77. The van der Waals surface area contributed by atoms with Crippen molar-refractivity contribution in [2.75, 3.05) is 18.9 Å². The number of hydrazine groups is 1. The van der Waals surface area contributed by atoms with Gasteiger partial charge in [0.25, 0.3) is 5.91 Å². The van der Waals surface area contributed by atoms with Crippen molar-refractivity contribution < 1.29 is 9.53 Å². The normalized spacial score (nSPS) is 27.5. The van der Waals surface area contributed by atoms with Gasteiger partial charge in [0.05, 0.1) is 12.2 Å². The average Bonchev–Trinajstić information content (AvgIpc) is 2.53. The molecule has 1 aliphatic carbocycles. The molecule has 1 amide bonds. The van der Waals surface area contributed by atoms with Gasteiger partial charge in [0, 0.05) is 18.3 Å². The summed E-state index contributed by atoms with van der Waals surface area (Å²) in [5, 5.41) is 4.94. The first-order valence-electron chi connectivity index (χ1n) is 7.50. The van der Waals surface area contributed by atoms with Crippen molar-refractivity contribution in [2.24, 2.45) is 0 Å². The highest BCUT2D eigenvalue weighted by Gasteiger charge is 2.52. The van der Waals surface area contributed by atoms with Gasteiger partial charge in [-0.25, -0.2) is 0 Å². The van der Waals surface area contributed by atoms with E-state index in [1.807, 2.05) is 24.3 Å². The Kier molecular flexibility index (Phi) is 2.64. The van der Waals surface area contributed by atoms with Crippen molar-refractivity contribution in [1.82, 2.24) is 10.4 Å². The number of amides is 1. The predicted molar refractivity (Wildman–Crippen MR) is 79.7 cm³/mol. The smallest absolute Gasteiger partial charge is 0.291 e. The highest BCUT2D eigenvalue weighted by Crippen LogP contribution is 2.42. The molecular formula is C16H19N3O2. The van der Waals surface area contributed by atoms with Gasteiger partial charge >= 0.3 is 0 Å². The number of nitrogens with zero attached hydrogens (tertiary/aromatic N) is 1. The molecule has 1 aromatic rings. The molecule has 1 atom stereocenters. The molecule has 3 aliphatic rings. The molecule has 5 nitrogen and oxygen atoms in total. The van der Waals surface area contributed by atoms with Gasteiger partial charge in [0.15, 0.2) is 0 Å². The quantitative estimate of drug-likeness (QED) is 0.766. The van der Waals surface area contributed by atoms with Gasteiger partial charge < -0.3 is 15.5 Å². The van der Waals surface area contributed by atoms with E-state index >= 15 is 0 Å². The maximum atomic E-state index is 12.8. The van der Waals surface area contributed by atoms with E-state index < -0.39 is 5.60 Å². The van der Waals surface area contributed by atoms with Crippen molar-refractivity contribution in [2.45, 2.75) is 31.3 Å². The number of nitrogens with one attached hydrogen (secondary N) is 2. The second-order valence-electron chi connectivity index (χ2n) is 5.92. The summed E-state index contributed by atoms with van der Waals surface area (Å²) in [5.41, 5.74) is 5.57. The monoisotopic (exact) mass is 285 g/mol. The molecule has 0 aromatic heterocycles. The molecule has 0 bridgehead atoms. The molecule has 5 heteroatoms. The number of ether oxygens (including phenoxy) is 1. The molecule has 4 rings (SSSR count). The molecule has 110 valence electrons. The minimum absolute atomic E-state index is 0.0230. The molecule has 1 spiro atoms. The molecule has 0 radical (unpaired) electrons. The number of carbonyl (C=O) groups excluding carboxylic acids is 1. The minimum Gasteiger partial charge on any atom is -0.469 e. The van der Waals surface area contributed by atoms with Gasteiger partial charge in [-0.3, -0.25) is 9.80 Å². The Labute approximate surface area is 123 Å². The number of para-hydroxylation sites is 2. The third kappa shape index (κ3) is 1.73. The van der Waals surface area contributed by atoms with E-state index in [0.29, 0.717) is 6.54 Å². The standard InChI is InChI=1S/C16H19N3O2/c1-19-15(20)16(11-6-2-3-7-12(11)18-19)10-17-13-8-4-5-9-14(13)21-16/h4-5,8-9,17-18H,2-3,6-7,10H2,1H3. The van der Waals surface area contributed by atoms with Gasteiger partial charge in [0.1, 0.15) is 5.75 Å². The Bertz CT molecular complexity index is 640. The number of anilines is 1. The summed E-state index contributed by atoms with van der Waals surface area (Å²) in [6.07, 6.45) is 4.18. The van der Waals surface area contributed by atoms with Crippen LogP contribution < -0.4 is 15.5 Å². The first kappa shape index (κ1) is 12.6. The second kappa shape index (κ2) is 4.41. The molecule has 2 heterocycles. The Hall–Kier alpha value is -2.17. The number of likely N-dealkylation sites (N-methyl/N-ethyl adjacent to an activating group) is 1. The van der Waals surface area contributed by atoms with Crippen LogP contribution in [0.3, 0.4) is 0 Å². The topological polar surface area (TPSA) is 53.6 Å². The average molecular weight is 285 g/mol. The maximum absolute atomic E-state index is 12.8. The number of hydrogen-bond donors (Lipinski definition) is 2. The summed E-state index contributed by atoms with van der Waals surface area (Å²) in [5.74, 6) is 0.731. The SMILES string of the molecule is CN1NC2=C(CCCC2)C2(CNc3ccccc3O2)C1=O. The lowest BCUT2D eigenvalue weighted by molar-refractivity contribution is -0.148. The summed E-state index contributed by atoms with van der Waals surface area (Å²) in [4.78, 5) is 12.8. The van der Waals surface area contributed by atoms with Crippen LogP contribution >= 0.6 is 0 Å². The van der Waals surface area contributed by atoms with E-state index in [4.69, 9.17) is 4.74 Å². The van der Waals surface area contributed by atoms with Gasteiger partial charge in [-0.2, -0.15) is 0 Å². The van der Waals surface area contributed by atoms with Crippen LogP contribution in [-0.4, -0.2) is 30.1 Å². The van der Waals surface area contributed by atoms with Crippen LogP contribution in [0.1, 0.15) is 25.7 Å². The molecule has 2 aliphatic heterocycles. The van der Waals surface area contributed by atoms with Gasteiger partial charge in [-0.05, 0) is 37.8 Å². The molecule has 1 unspecified atom stereocenters. The molecule has 0 saturated carbocycles. The van der Waals surface area contributed by atoms with Gasteiger partial charge in [-0.15, -0.1) is 0 Å². The lowest BCUT2D eigenvalue weighted by Gasteiger charge is -2.47. The van der Waals surface area contributed by atoms with Crippen molar-refractivity contribution in [3.63, 3.8) is 0 Å². The number of allylic oxidation sites excluding steroid dienone is 1. The van der Waals surface area contributed by atoms with E-state index in [-0.39, 0.29) is 5.91 Å². The van der Waals surface area contributed by atoms with E-state index in [2.05, 4.69) is 10.7 Å². The number of benzene rings is 1. The molecule has 21 heavy (non-hydrogen) atoms. The zero-order valence-electron chi connectivity index (χ0n) is 12.1. The van der Waals surface area contributed by atoms with Crippen LogP contribution in [0.15, 0.2) is 35.5 Å². The van der Waals surface area contributed by atoms with Gasteiger partial charge in [0.2, 0.25) is 5.60 Å². The van der Waals surface area contributed by atoms with E-state index in [9.17, 15) is 4.79 Å². The van der Waals surface area contributed by atoms with Crippen molar-refractivity contribution in [1.29, 1.82) is 0 Å². The number of rotatable bonds is 0. The Morgan fingerprint density at radius 1 is 1.24 bits per heavy atom. The summed E-state index contributed by atoms with van der Waals surface area (Å²) >= 11 is 0. The van der Waals surface area contributed by atoms with Crippen LogP contribution in [-0.2, 0) is 4.79 Å². The number of hydrogen-bond acceptors (Lipinski definition) is 4. The summed E-state index contributed by atoms with van der Waals surface area (Å²) in [6.45, 7) is 0.494.